The molecule has 0 atom stereocenters. The lowest BCUT2D eigenvalue weighted by molar-refractivity contribution is -0.384. The Morgan fingerprint density at radius 1 is 1.26 bits per heavy atom. The number of carbonyl (C=O) groups excluding carboxylic acids is 2. The third kappa shape index (κ3) is 3.64. The Morgan fingerprint density at radius 3 is 2.65 bits per heavy atom. The fourth-order valence-electron chi connectivity index (χ4n) is 1.71. The number of benzene rings is 1. The highest BCUT2D eigenvalue weighted by Gasteiger charge is 2.18. The summed E-state index contributed by atoms with van der Waals surface area (Å²) in [6, 6.07) is 6.27. The number of anilines is 1. The van der Waals surface area contributed by atoms with Crippen molar-refractivity contribution >= 4 is 23.3 Å². The quantitative estimate of drug-likeness (QED) is 0.382. The second-order valence-corrected chi connectivity index (χ2v) is 4.36. The van der Waals surface area contributed by atoms with Crippen LogP contribution in [0.15, 0.2) is 34.7 Å². The standard InChI is InChI=1S/C14H12N2O7/c1-21-14(18)12-5-3-9(23-12)7-22-13(17)10-6-8(16(19)20)2-4-11(10)15/h2-6H,7,15H2,1H3. The summed E-state index contributed by atoms with van der Waals surface area (Å²) in [5.41, 5.74) is 5.26. The number of hydrogen-bond acceptors (Lipinski definition) is 8. The predicted octanol–water partition coefficient (Wildman–Crippen LogP) is 1.91. The fourth-order valence-corrected chi connectivity index (χ4v) is 1.71. The maximum Gasteiger partial charge on any atom is 0.373 e. The van der Waals surface area contributed by atoms with Gasteiger partial charge in [-0.3, -0.25) is 10.1 Å². The average Bonchev–Trinajstić information content (AvgIpc) is 3.01. The molecular formula is C14H12N2O7. The summed E-state index contributed by atoms with van der Waals surface area (Å²) in [6.07, 6.45) is 0. The van der Waals surface area contributed by atoms with Crippen molar-refractivity contribution in [1.29, 1.82) is 0 Å². The molecule has 120 valence electrons. The van der Waals surface area contributed by atoms with Gasteiger partial charge in [-0.05, 0) is 18.2 Å². The number of hydrogen-bond donors (Lipinski definition) is 1. The van der Waals surface area contributed by atoms with Gasteiger partial charge in [-0.2, -0.15) is 0 Å². The van der Waals surface area contributed by atoms with E-state index in [0.717, 1.165) is 6.07 Å². The van der Waals surface area contributed by atoms with Gasteiger partial charge in [-0.25, -0.2) is 9.59 Å². The Kier molecular flexibility index (Phi) is 4.60. The number of nitrogens with two attached hydrogens (primary N) is 1. The first-order valence-corrected chi connectivity index (χ1v) is 6.30. The first kappa shape index (κ1) is 16.0. The second-order valence-electron chi connectivity index (χ2n) is 4.36. The van der Waals surface area contributed by atoms with Crippen molar-refractivity contribution in [3.05, 3.63) is 57.5 Å². The van der Waals surface area contributed by atoms with Crippen LogP contribution < -0.4 is 5.73 Å². The molecule has 9 heteroatoms. The number of ether oxygens (including phenoxy) is 2. The van der Waals surface area contributed by atoms with E-state index in [4.69, 9.17) is 14.9 Å². The number of nitro groups is 1. The molecule has 0 radical (unpaired) electrons. The average molecular weight is 320 g/mol. The first-order chi connectivity index (χ1) is 10.9. The van der Waals surface area contributed by atoms with Gasteiger partial charge in [-0.15, -0.1) is 0 Å². The van der Waals surface area contributed by atoms with Crippen LogP contribution in [0.3, 0.4) is 0 Å². The highest BCUT2D eigenvalue weighted by molar-refractivity contribution is 5.95. The third-order valence-electron chi connectivity index (χ3n) is 2.86. The van der Waals surface area contributed by atoms with Gasteiger partial charge in [-0.1, -0.05) is 0 Å². The molecule has 2 N–H and O–H groups in total. The van der Waals surface area contributed by atoms with Crippen LogP contribution in [0.2, 0.25) is 0 Å². The van der Waals surface area contributed by atoms with E-state index in [1.807, 2.05) is 0 Å². The number of nitrogens with zero attached hydrogens (tertiary/aromatic N) is 1. The van der Waals surface area contributed by atoms with E-state index < -0.39 is 16.9 Å². The lowest BCUT2D eigenvalue weighted by atomic mass is 10.1. The second kappa shape index (κ2) is 6.60. The molecule has 2 aromatic rings. The Labute approximate surface area is 129 Å². The van der Waals surface area contributed by atoms with Crippen LogP contribution >= 0.6 is 0 Å². The monoisotopic (exact) mass is 320 g/mol. The molecule has 0 amide bonds. The van der Waals surface area contributed by atoms with Gasteiger partial charge < -0.3 is 19.6 Å². The van der Waals surface area contributed by atoms with Gasteiger partial charge in [0, 0.05) is 17.8 Å². The first-order valence-electron chi connectivity index (χ1n) is 6.30. The van der Waals surface area contributed by atoms with Crippen molar-refractivity contribution < 1.29 is 28.4 Å². The van der Waals surface area contributed by atoms with E-state index >= 15 is 0 Å². The summed E-state index contributed by atoms with van der Waals surface area (Å²) in [4.78, 5) is 33.2. The Bertz CT molecular complexity index is 766. The largest absolute Gasteiger partial charge is 0.463 e. The van der Waals surface area contributed by atoms with Gasteiger partial charge in [0.2, 0.25) is 5.76 Å². The number of nitrogen functional groups attached to an aromatic ring is 1. The molecule has 1 aromatic carbocycles. The highest BCUT2D eigenvalue weighted by Crippen LogP contribution is 2.21. The number of furan rings is 1. The molecule has 0 saturated heterocycles. The zero-order valence-corrected chi connectivity index (χ0v) is 12.0. The number of non-ortho nitro benzene ring substituents is 1. The van der Waals surface area contributed by atoms with E-state index in [9.17, 15) is 19.7 Å². The molecule has 0 unspecified atom stereocenters. The minimum Gasteiger partial charge on any atom is -0.463 e. The number of rotatable bonds is 5. The summed E-state index contributed by atoms with van der Waals surface area (Å²) < 4.78 is 14.6. The minimum absolute atomic E-state index is 0.0339. The molecule has 0 spiro atoms. The van der Waals surface area contributed by atoms with Crippen molar-refractivity contribution in [1.82, 2.24) is 0 Å². The maximum atomic E-state index is 12.0. The lowest BCUT2D eigenvalue weighted by Gasteiger charge is -2.05. The van der Waals surface area contributed by atoms with E-state index in [-0.39, 0.29) is 35.1 Å². The summed E-state index contributed by atoms with van der Waals surface area (Å²) >= 11 is 0. The molecule has 0 fully saturated rings. The summed E-state index contributed by atoms with van der Waals surface area (Å²) in [5, 5.41) is 10.7. The van der Waals surface area contributed by atoms with Crippen LogP contribution in [0.4, 0.5) is 11.4 Å². The lowest BCUT2D eigenvalue weighted by Crippen LogP contribution is -2.08. The van der Waals surface area contributed by atoms with Crippen LogP contribution in [0.1, 0.15) is 26.7 Å². The van der Waals surface area contributed by atoms with Crippen molar-refractivity contribution in [3.63, 3.8) is 0 Å². The number of nitro benzene ring substituents is 1. The zero-order valence-electron chi connectivity index (χ0n) is 12.0. The Hall–Kier alpha value is -3.36. The molecule has 0 aliphatic carbocycles. The topological polar surface area (TPSA) is 135 Å². The van der Waals surface area contributed by atoms with Gasteiger partial charge in [0.05, 0.1) is 17.6 Å². The van der Waals surface area contributed by atoms with Gasteiger partial charge in [0.25, 0.3) is 5.69 Å². The molecule has 0 saturated carbocycles. The van der Waals surface area contributed by atoms with E-state index in [2.05, 4.69) is 4.74 Å². The van der Waals surface area contributed by atoms with Crippen molar-refractivity contribution in [2.45, 2.75) is 6.61 Å². The molecule has 0 bridgehead atoms. The minimum atomic E-state index is -0.845. The molecule has 2 rings (SSSR count). The fraction of sp³-hybridized carbons (Fsp3) is 0.143. The normalized spacial score (nSPS) is 10.1. The third-order valence-corrected chi connectivity index (χ3v) is 2.86. The maximum absolute atomic E-state index is 12.0. The summed E-state index contributed by atoms with van der Waals surface area (Å²) in [5.74, 6) is -1.33. The van der Waals surface area contributed by atoms with Crippen LogP contribution in [0.5, 0.6) is 0 Å². The highest BCUT2D eigenvalue weighted by atomic mass is 16.6. The SMILES string of the molecule is COC(=O)c1ccc(COC(=O)c2cc([N+](=O)[O-])ccc2N)o1. The number of carbonyl (C=O) groups is 2. The molecule has 0 aliphatic rings. The van der Waals surface area contributed by atoms with E-state index in [1.54, 1.807) is 0 Å². The zero-order chi connectivity index (χ0) is 17.0. The smallest absolute Gasteiger partial charge is 0.373 e. The number of methoxy groups -OCH3 is 1. The number of esters is 2. The molecule has 1 heterocycles. The van der Waals surface area contributed by atoms with Gasteiger partial charge >= 0.3 is 11.9 Å². The van der Waals surface area contributed by atoms with Gasteiger partial charge in [0.15, 0.2) is 0 Å². The molecule has 9 nitrogen and oxygen atoms in total. The molecule has 0 aliphatic heterocycles. The van der Waals surface area contributed by atoms with Crippen LogP contribution in [0.25, 0.3) is 0 Å². The van der Waals surface area contributed by atoms with Crippen molar-refractivity contribution in [2.24, 2.45) is 0 Å². The van der Waals surface area contributed by atoms with E-state index in [0.29, 0.717) is 0 Å². The molecule has 23 heavy (non-hydrogen) atoms. The van der Waals surface area contributed by atoms with Crippen LogP contribution in [-0.2, 0) is 16.1 Å². The predicted molar refractivity (Wildman–Crippen MR) is 76.7 cm³/mol. The van der Waals surface area contributed by atoms with Crippen molar-refractivity contribution in [2.75, 3.05) is 12.8 Å². The van der Waals surface area contributed by atoms with Crippen LogP contribution in [-0.4, -0.2) is 24.0 Å². The summed E-state index contributed by atoms with van der Waals surface area (Å²) in [7, 11) is 1.20. The van der Waals surface area contributed by atoms with E-state index in [1.165, 1.54) is 31.4 Å². The molecule has 1 aromatic heterocycles. The van der Waals surface area contributed by atoms with Gasteiger partial charge in [0.1, 0.15) is 12.4 Å². The summed E-state index contributed by atoms with van der Waals surface area (Å²) in [6.45, 7) is -0.266. The van der Waals surface area contributed by atoms with Crippen LogP contribution in [0, 0.1) is 10.1 Å². The Balaban J connectivity index is 2.08. The van der Waals surface area contributed by atoms with Crippen molar-refractivity contribution in [3.8, 4) is 0 Å². The molecular weight excluding hydrogens is 308 g/mol. The Morgan fingerprint density at radius 2 is 2.00 bits per heavy atom.